The molecule has 170 valence electrons. The van der Waals surface area contributed by atoms with Crippen LogP contribution in [0.5, 0.6) is 11.5 Å². The monoisotopic (exact) mass is 507 g/mol. The van der Waals surface area contributed by atoms with Crippen LogP contribution in [-0.4, -0.2) is 59.7 Å². The summed E-state index contributed by atoms with van der Waals surface area (Å²) in [5, 5.41) is 33.8. The summed E-state index contributed by atoms with van der Waals surface area (Å²) in [7, 11) is 0. The lowest BCUT2D eigenvalue weighted by Crippen LogP contribution is -2.48. The molecule has 0 heterocycles. The Labute approximate surface area is 191 Å². The molecule has 2 aromatic carbocycles. The molecule has 32 heavy (non-hydrogen) atoms. The van der Waals surface area contributed by atoms with Gasteiger partial charge in [0.2, 0.25) is 0 Å². The van der Waals surface area contributed by atoms with Gasteiger partial charge in [0.25, 0.3) is 11.8 Å². The largest absolute Gasteiger partial charge is 0.507 e. The van der Waals surface area contributed by atoms with E-state index in [1.807, 2.05) is 0 Å². The van der Waals surface area contributed by atoms with E-state index in [9.17, 15) is 24.6 Å². The standard InChI is InChI=1S/C20H22BrN5O6/c21-14-4-2-1-3-12(14)18(29)26-15(19(30)31)10-25-17(28)13-6-5-11(9-16(13)27)32-8-7-24-20(22)23/h1-6,9,15,27H,7-8,10H2,(H,25,28)(H,26,29)(H,30,31)(H4,22,23,24)/t15-/m0/s1. The van der Waals surface area contributed by atoms with Gasteiger partial charge >= 0.3 is 5.97 Å². The van der Waals surface area contributed by atoms with Gasteiger partial charge in [0, 0.05) is 17.1 Å². The van der Waals surface area contributed by atoms with Gasteiger partial charge in [-0.05, 0) is 40.2 Å². The van der Waals surface area contributed by atoms with Crippen LogP contribution in [0.1, 0.15) is 20.7 Å². The number of benzene rings is 2. The molecule has 0 spiro atoms. The number of phenols is 1. The minimum absolute atomic E-state index is 0.0968. The third kappa shape index (κ3) is 7.16. The molecule has 0 fully saturated rings. The van der Waals surface area contributed by atoms with Crippen molar-refractivity contribution in [2.24, 2.45) is 5.73 Å². The number of halogens is 1. The summed E-state index contributed by atoms with van der Waals surface area (Å²) >= 11 is 3.22. The fraction of sp³-hybridized carbons (Fsp3) is 0.200. The number of hydrogen-bond acceptors (Lipinski definition) is 6. The second-order valence-electron chi connectivity index (χ2n) is 6.42. The lowest BCUT2D eigenvalue weighted by Gasteiger charge is -2.16. The fourth-order valence-corrected chi connectivity index (χ4v) is 2.98. The van der Waals surface area contributed by atoms with Crippen molar-refractivity contribution in [1.82, 2.24) is 16.0 Å². The Morgan fingerprint density at radius 1 is 1.09 bits per heavy atom. The predicted octanol–water partition coefficient (Wildman–Crippen LogP) is 0.630. The maximum Gasteiger partial charge on any atom is 0.328 e. The van der Waals surface area contributed by atoms with Crippen molar-refractivity contribution >= 4 is 39.7 Å². The number of hydrogen-bond donors (Lipinski definition) is 7. The number of carbonyl (C=O) groups is 3. The number of nitrogens with one attached hydrogen (secondary N) is 4. The number of carbonyl (C=O) groups excluding carboxylic acids is 2. The normalized spacial score (nSPS) is 11.2. The molecule has 0 aliphatic rings. The van der Waals surface area contributed by atoms with E-state index in [2.05, 4.69) is 31.9 Å². The van der Waals surface area contributed by atoms with Crippen LogP contribution in [0.15, 0.2) is 46.9 Å². The summed E-state index contributed by atoms with van der Waals surface area (Å²) in [6, 6.07) is 9.11. The molecule has 0 radical (unpaired) electrons. The van der Waals surface area contributed by atoms with Crippen molar-refractivity contribution in [2.75, 3.05) is 19.7 Å². The SMILES string of the molecule is N=C(N)NCCOc1ccc(C(=O)NC[C@H](NC(=O)c2ccccc2Br)C(=O)O)c(O)c1. The second kappa shape index (κ2) is 11.6. The number of aromatic hydroxyl groups is 1. The van der Waals surface area contributed by atoms with Crippen molar-refractivity contribution in [1.29, 1.82) is 5.41 Å². The Morgan fingerprint density at radius 3 is 2.44 bits per heavy atom. The van der Waals surface area contributed by atoms with Gasteiger partial charge in [-0.25, -0.2) is 4.79 Å². The minimum atomic E-state index is -1.39. The zero-order valence-corrected chi connectivity index (χ0v) is 18.3. The fourth-order valence-electron chi connectivity index (χ4n) is 2.52. The molecule has 1 atom stereocenters. The van der Waals surface area contributed by atoms with Crippen LogP contribution in [0.25, 0.3) is 0 Å². The molecule has 0 aromatic heterocycles. The molecule has 2 amide bonds. The van der Waals surface area contributed by atoms with Crippen molar-refractivity contribution in [3.63, 3.8) is 0 Å². The van der Waals surface area contributed by atoms with Gasteiger partial charge in [-0.2, -0.15) is 0 Å². The molecule has 0 unspecified atom stereocenters. The van der Waals surface area contributed by atoms with E-state index in [-0.39, 0.29) is 41.7 Å². The summed E-state index contributed by atoms with van der Waals surface area (Å²) in [5.74, 6) is -2.97. The number of ether oxygens (including phenoxy) is 1. The zero-order chi connectivity index (χ0) is 23.7. The second-order valence-corrected chi connectivity index (χ2v) is 7.28. The van der Waals surface area contributed by atoms with Crippen molar-refractivity contribution in [3.8, 4) is 11.5 Å². The molecule has 0 bridgehead atoms. The number of aliphatic carboxylic acids is 1. The third-order valence-electron chi connectivity index (χ3n) is 4.09. The van der Waals surface area contributed by atoms with Gasteiger partial charge in [-0.15, -0.1) is 0 Å². The molecule has 11 nitrogen and oxygen atoms in total. The van der Waals surface area contributed by atoms with Crippen LogP contribution < -0.4 is 26.4 Å². The Morgan fingerprint density at radius 2 is 1.81 bits per heavy atom. The Bertz CT molecular complexity index is 1020. The summed E-state index contributed by atoms with van der Waals surface area (Å²) < 4.78 is 5.86. The molecule has 2 rings (SSSR count). The lowest BCUT2D eigenvalue weighted by molar-refractivity contribution is -0.139. The molecule has 8 N–H and O–H groups in total. The third-order valence-corrected chi connectivity index (χ3v) is 4.78. The first-order chi connectivity index (χ1) is 15.2. The van der Waals surface area contributed by atoms with Crippen molar-refractivity contribution in [2.45, 2.75) is 6.04 Å². The van der Waals surface area contributed by atoms with Crippen LogP contribution in [0.2, 0.25) is 0 Å². The first-order valence-electron chi connectivity index (χ1n) is 9.29. The predicted molar refractivity (Wildman–Crippen MR) is 119 cm³/mol. The number of guanidine groups is 1. The van der Waals surface area contributed by atoms with Gasteiger partial charge in [-0.1, -0.05) is 12.1 Å². The van der Waals surface area contributed by atoms with Crippen molar-refractivity contribution < 1.29 is 29.3 Å². The Balaban J connectivity index is 1.95. The van der Waals surface area contributed by atoms with Gasteiger partial charge < -0.3 is 36.6 Å². The Hall–Kier alpha value is -3.80. The maximum atomic E-state index is 12.4. The molecule has 12 heteroatoms. The van der Waals surface area contributed by atoms with E-state index in [0.29, 0.717) is 4.47 Å². The van der Waals surface area contributed by atoms with E-state index in [1.54, 1.807) is 18.2 Å². The van der Waals surface area contributed by atoms with Crippen molar-refractivity contribution in [3.05, 3.63) is 58.1 Å². The number of nitrogens with two attached hydrogens (primary N) is 1. The van der Waals surface area contributed by atoms with E-state index in [1.165, 1.54) is 24.3 Å². The summed E-state index contributed by atoms with van der Waals surface area (Å²) in [6.07, 6.45) is 0. The van der Waals surface area contributed by atoms with Crippen LogP contribution in [-0.2, 0) is 4.79 Å². The molecule has 0 saturated carbocycles. The highest BCUT2D eigenvalue weighted by atomic mass is 79.9. The van der Waals surface area contributed by atoms with E-state index >= 15 is 0 Å². The quantitative estimate of drug-likeness (QED) is 0.138. The van der Waals surface area contributed by atoms with E-state index in [0.717, 1.165) is 0 Å². The highest BCUT2D eigenvalue weighted by Gasteiger charge is 2.23. The molecule has 2 aromatic rings. The van der Waals surface area contributed by atoms with Gasteiger partial charge in [-0.3, -0.25) is 15.0 Å². The summed E-state index contributed by atoms with van der Waals surface area (Å²) in [6.45, 7) is 0.0427. The van der Waals surface area contributed by atoms with Gasteiger partial charge in [0.05, 0.1) is 17.7 Å². The molecular formula is C20H22BrN5O6. The first-order valence-corrected chi connectivity index (χ1v) is 10.1. The first kappa shape index (κ1) is 24.5. The molecule has 0 aliphatic carbocycles. The smallest absolute Gasteiger partial charge is 0.328 e. The number of phenolic OH excluding ortho intramolecular Hbond substituents is 1. The van der Waals surface area contributed by atoms with Crippen LogP contribution in [0.4, 0.5) is 0 Å². The van der Waals surface area contributed by atoms with Crippen LogP contribution >= 0.6 is 15.9 Å². The maximum absolute atomic E-state index is 12.4. The zero-order valence-electron chi connectivity index (χ0n) is 16.7. The summed E-state index contributed by atoms with van der Waals surface area (Å²) in [4.78, 5) is 36.2. The highest BCUT2D eigenvalue weighted by molar-refractivity contribution is 9.10. The van der Waals surface area contributed by atoms with Gasteiger partial charge in [0.15, 0.2) is 5.96 Å². The lowest BCUT2D eigenvalue weighted by atomic mass is 10.1. The number of carboxylic acids is 1. The summed E-state index contributed by atoms with van der Waals surface area (Å²) in [5.41, 5.74) is 5.30. The minimum Gasteiger partial charge on any atom is -0.507 e. The average molecular weight is 508 g/mol. The van der Waals surface area contributed by atoms with E-state index in [4.69, 9.17) is 15.9 Å². The number of amides is 2. The van der Waals surface area contributed by atoms with Crippen LogP contribution in [0, 0.1) is 5.41 Å². The number of carboxylic acid groups (broad SMARTS) is 1. The molecule has 0 saturated heterocycles. The van der Waals surface area contributed by atoms with Crippen LogP contribution in [0.3, 0.4) is 0 Å². The topological polar surface area (TPSA) is 187 Å². The molecule has 0 aliphatic heterocycles. The number of rotatable bonds is 10. The Kier molecular flexibility index (Phi) is 8.83. The molecular weight excluding hydrogens is 486 g/mol. The average Bonchev–Trinajstić information content (AvgIpc) is 2.73. The highest BCUT2D eigenvalue weighted by Crippen LogP contribution is 2.23. The van der Waals surface area contributed by atoms with Gasteiger partial charge in [0.1, 0.15) is 24.1 Å². The van der Waals surface area contributed by atoms with E-state index < -0.39 is 30.4 Å².